The summed E-state index contributed by atoms with van der Waals surface area (Å²) in [4.78, 5) is 6.76. The Morgan fingerprint density at radius 1 is 1.07 bits per heavy atom. The van der Waals surface area contributed by atoms with Crippen LogP contribution in [0.1, 0.15) is 33.1 Å². The minimum Gasteiger partial charge on any atom is -0.395 e. The molecule has 0 aliphatic carbocycles. The molecule has 2 fully saturated rings. The Balaban J connectivity index is 0.00000106. The molecule has 0 amide bonds. The molecule has 3 heterocycles. The summed E-state index contributed by atoms with van der Waals surface area (Å²) < 4.78 is 15.0. The van der Waals surface area contributed by atoms with E-state index in [-0.39, 0.29) is 12.6 Å². The van der Waals surface area contributed by atoms with E-state index in [0.717, 1.165) is 47.7 Å². The van der Waals surface area contributed by atoms with Crippen LogP contribution in [0.15, 0.2) is 53.4 Å². The Hall–Kier alpha value is -2.15. The van der Waals surface area contributed by atoms with E-state index in [0.29, 0.717) is 0 Å². The van der Waals surface area contributed by atoms with Gasteiger partial charge in [0.15, 0.2) is 0 Å². The Morgan fingerprint density at radius 2 is 1.83 bits per heavy atom. The van der Waals surface area contributed by atoms with Gasteiger partial charge in [-0.3, -0.25) is 0 Å². The number of fused-ring (bicyclic) bond motifs is 1. The molecule has 30 heavy (non-hydrogen) atoms. The monoisotopic (exact) mass is 425 g/mol. The van der Waals surface area contributed by atoms with E-state index in [2.05, 4.69) is 40.2 Å². The molecule has 2 atom stereocenters. The van der Waals surface area contributed by atoms with E-state index >= 15 is 0 Å². The molecule has 5 rings (SSSR count). The molecule has 0 spiro atoms. The normalized spacial score (nSPS) is 20.0. The second-order valence-corrected chi connectivity index (χ2v) is 9.10. The minimum atomic E-state index is -1.24. The van der Waals surface area contributed by atoms with E-state index in [4.69, 9.17) is 0 Å². The molecule has 3 aromatic rings. The van der Waals surface area contributed by atoms with Crippen molar-refractivity contribution in [2.45, 2.75) is 44.0 Å². The highest BCUT2D eigenvalue weighted by molar-refractivity contribution is 7.82. The van der Waals surface area contributed by atoms with Crippen molar-refractivity contribution in [3.05, 3.63) is 48.5 Å². The summed E-state index contributed by atoms with van der Waals surface area (Å²) in [6.07, 6.45) is 3.33. The molecular weight excluding hydrogens is 394 g/mol. The Morgan fingerprint density at radius 3 is 2.50 bits per heavy atom. The van der Waals surface area contributed by atoms with Gasteiger partial charge >= 0.3 is 0 Å². The van der Waals surface area contributed by atoms with Crippen LogP contribution in [-0.2, 0) is 11.0 Å². The van der Waals surface area contributed by atoms with Crippen LogP contribution in [0, 0.1) is 0 Å². The second kappa shape index (κ2) is 9.33. The summed E-state index contributed by atoms with van der Waals surface area (Å²) in [5.74, 6) is 0. The van der Waals surface area contributed by atoms with Gasteiger partial charge in [0.2, 0.25) is 0 Å². The predicted octanol–water partition coefficient (Wildman–Crippen LogP) is 4.55. The highest BCUT2D eigenvalue weighted by Gasteiger charge is 2.33. The Labute approximate surface area is 181 Å². The van der Waals surface area contributed by atoms with Crippen LogP contribution in [-0.4, -0.2) is 50.9 Å². The van der Waals surface area contributed by atoms with Crippen molar-refractivity contribution in [1.29, 1.82) is 0 Å². The summed E-state index contributed by atoms with van der Waals surface area (Å²) >= 11 is 0. The number of aliphatic hydroxyl groups excluding tert-OH is 1. The molecule has 2 aromatic carbocycles. The fourth-order valence-electron chi connectivity index (χ4n) is 4.24. The van der Waals surface area contributed by atoms with Gasteiger partial charge in [0.1, 0.15) is 11.0 Å². The number of benzene rings is 2. The van der Waals surface area contributed by atoms with Gasteiger partial charge in [-0.25, -0.2) is 8.51 Å². The highest BCUT2D eigenvalue weighted by Crippen LogP contribution is 2.36. The van der Waals surface area contributed by atoms with E-state index < -0.39 is 11.0 Å². The van der Waals surface area contributed by atoms with Crippen molar-refractivity contribution in [3.63, 3.8) is 0 Å². The number of rotatable bonds is 5. The predicted molar refractivity (Wildman–Crippen MR) is 125 cm³/mol. The summed E-state index contributed by atoms with van der Waals surface area (Å²) in [6.45, 7) is 6.96. The summed E-state index contributed by atoms with van der Waals surface area (Å²) in [6, 6.07) is 16.6. The number of hydrogen-bond acceptors (Lipinski definition) is 3. The maximum atomic E-state index is 13.1. The average molecular weight is 426 g/mol. The van der Waals surface area contributed by atoms with Gasteiger partial charge in [0.25, 0.3) is 0 Å². The minimum absolute atomic E-state index is 0.00983. The van der Waals surface area contributed by atoms with Crippen molar-refractivity contribution in [2.75, 3.05) is 31.1 Å². The van der Waals surface area contributed by atoms with Gasteiger partial charge in [0, 0.05) is 53.5 Å². The quantitative estimate of drug-likeness (QED) is 0.630. The third-order valence-electron chi connectivity index (χ3n) is 5.95. The zero-order valence-corrected chi connectivity index (χ0v) is 18.6. The number of aliphatic hydroxyl groups is 1. The van der Waals surface area contributed by atoms with Crippen LogP contribution in [0.25, 0.3) is 22.2 Å². The van der Waals surface area contributed by atoms with E-state index in [1.807, 2.05) is 36.4 Å². The fourth-order valence-corrected chi connectivity index (χ4v) is 5.63. The zero-order valence-electron chi connectivity index (χ0n) is 17.8. The summed E-state index contributed by atoms with van der Waals surface area (Å²) in [7, 11) is -1.24. The summed E-state index contributed by atoms with van der Waals surface area (Å²) in [5.41, 5.74) is 4.47. The van der Waals surface area contributed by atoms with Crippen molar-refractivity contribution >= 4 is 27.6 Å². The van der Waals surface area contributed by atoms with Gasteiger partial charge in [-0.05, 0) is 49.6 Å². The van der Waals surface area contributed by atoms with Crippen molar-refractivity contribution in [3.8, 4) is 11.3 Å². The first-order valence-corrected chi connectivity index (χ1v) is 12.1. The lowest BCUT2D eigenvalue weighted by Crippen LogP contribution is -2.50. The largest absolute Gasteiger partial charge is 0.395 e. The molecule has 5 nitrogen and oxygen atoms in total. The lowest BCUT2D eigenvalue weighted by molar-refractivity contribution is 0.121. The van der Waals surface area contributed by atoms with Crippen LogP contribution in [0.3, 0.4) is 0 Å². The first kappa shape index (κ1) is 21.1. The SMILES string of the molecule is CC.O=S(c1ccc(N2CCCC2)c(-c2cc3ccccc3[nH]2)c1)N1CCC1CO. The smallest absolute Gasteiger partial charge is 0.127 e. The van der Waals surface area contributed by atoms with Crippen LogP contribution in [0.5, 0.6) is 0 Å². The van der Waals surface area contributed by atoms with E-state index in [1.54, 1.807) is 0 Å². The van der Waals surface area contributed by atoms with E-state index in [9.17, 15) is 9.32 Å². The maximum Gasteiger partial charge on any atom is 0.127 e. The number of aromatic amines is 1. The van der Waals surface area contributed by atoms with Crippen molar-refractivity contribution < 1.29 is 9.32 Å². The lowest BCUT2D eigenvalue weighted by atomic mass is 10.1. The highest BCUT2D eigenvalue weighted by atomic mass is 32.2. The number of aromatic nitrogens is 1. The molecule has 1 aromatic heterocycles. The van der Waals surface area contributed by atoms with Gasteiger partial charge in [-0.15, -0.1) is 0 Å². The number of hydrogen-bond donors (Lipinski definition) is 2. The van der Waals surface area contributed by atoms with Crippen LogP contribution >= 0.6 is 0 Å². The zero-order chi connectivity index (χ0) is 21.1. The second-order valence-electron chi connectivity index (χ2n) is 7.66. The molecule has 2 aliphatic heterocycles. The molecule has 160 valence electrons. The lowest BCUT2D eigenvalue weighted by Gasteiger charge is -2.38. The molecule has 0 saturated carbocycles. The van der Waals surface area contributed by atoms with Crippen LogP contribution in [0.2, 0.25) is 0 Å². The molecular formula is C24H31N3O2S. The first-order valence-electron chi connectivity index (χ1n) is 11.0. The van der Waals surface area contributed by atoms with Gasteiger partial charge in [0.05, 0.1) is 11.5 Å². The summed E-state index contributed by atoms with van der Waals surface area (Å²) in [5, 5.41) is 10.6. The molecule has 2 unspecified atom stereocenters. The molecule has 0 radical (unpaired) electrons. The van der Waals surface area contributed by atoms with Gasteiger partial charge in [-0.2, -0.15) is 0 Å². The van der Waals surface area contributed by atoms with Crippen molar-refractivity contribution in [1.82, 2.24) is 9.29 Å². The van der Waals surface area contributed by atoms with Crippen LogP contribution in [0.4, 0.5) is 5.69 Å². The van der Waals surface area contributed by atoms with E-state index in [1.165, 1.54) is 23.9 Å². The third-order valence-corrected chi connectivity index (χ3v) is 7.51. The number of H-pyrrole nitrogens is 1. The Bertz CT molecular complexity index is 991. The first-order chi connectivity index (χ1) is 14.7. The van der Waals surface area contributed by atoms with Crippen LogP contribution < -0.4 is 4.90 Å². The van der Waals surface area contributed by atoms with Gasteiger partial charge < -0.3 is 15.0 Å². The molecule has 0 bridgehead atoms. The molecule has 6 heteroatoms. The van der Waals surface area contributed by atoms with Gasteiger partial charge in [-0.1, -0.05) is 32.0 Å². The topological polar surface area (TPSA) is 59.6 Å². The Kier molecular flexibility index (Phi) is 6.56. The maximum absolute atomic E-state index is 13.1. The number of nitrogens with zero attached hydrogens (tertiary/aromatic N) is 2. The number of para-hydroxylation sites is 1. The average Bonchev–Trinajstić information content (AvgIpc) is 3.44. The molecule has 2 saturated heterocycles. The number of anilines is 1. The third kappa shape index (κ3) is 3.92. The standard InChI is InChI=1S/C22H25N3O2S.C2H6/c26-15-17-9-12-25(17)28(27)18-7-8-22(24-10-3-4-11-24)19(14-18)21-13-16-5-1-2-6-20(16)23-21;1-2/h1-2,5-8,13-14,17,23,26H,3-4,9-12,15H2;1-2H3. The molecule has 2 aliphatic rings. The molecule has 2 N–H and O–H groups in total. The number of nitrogens with one attached hydrogen (secondary N) is 1. The van der Waals surface area contributed by atoms with Crippen molar-refractivity contribution in [2.24, 2.45) is 0 Å². The fraction of sp³-hybridized carbons (Fsp3) is 0.417.